The molecule has 2 aromatic carbocycles. The van der Waals surface area contributed by atoms with Gasteiger partial charge in [-0.05, 0) is 56.0 Å². The van der Waals surface area contributed by atoms with E-state index >= 15 is 0 Å². The van der Waals surface area contributed by atoms with E-state index in [1.165, 1.54) is 0 Å². The van der Waals surface area contributed by atoms with Crippen LogP contribution in [0.5, 0.6) is 0 Å². The van der Waals surface area contributed by atoms with Gasteiger partial charge in [-0.3, -0.25) is 4.79 Å². The fourth-order valence-electron chi connectivity index (χ4n) is 3.54. The second-order valence-corrected chi connectivity index (χ2v) is 7.74. The molecule has 1 fully saturated rings. The van der Waals surface area contributed by atoms with Crippen LogP contribution in [0.15, 0.2) is 48.5 Å². The van der Waals surface area contributed by atoms with Crippen LogP contribution < -0.4 is 10.6 Å². The normalized spacial score (nSPS) is 17.7. The summed E-state index contributed by atoms with van der Waals surface area (Å²) in [5.41, 5.74) is 2.74. The van der Waals surface area contributed by atoms with Crippen molar-refractivity contribution in [2.45, 2.75) is 32.7 Å². The summed E-state index contributed by atoms with van der Waals surface area (Å²) >= 11 is 6.23. The monoisotopic (exact) mass is 399 g/mol. The lowest BCUT2D eigenvalue weighted by atomic mass is 9.96. The number of piperidine rings is 1. The highest BCUT2D eigenvalue weighted by atomic mass is 35.5. The number of carbonyl (C=O) groups is 2. The third-order valence-electron chi connectivity index (χ3n) is 5.08. The van der Waals surface area contributed by atoms with Crippen molar-refractivity contribution in [1.29, 1.82) is 0 Å². The third-order valence-corrected chi connectivity index (χ3v) is 5.42. The molecule has 3 amide bonds. The highest BCUT2D eigenvalue weighted by Crippen LogP contribution is 2.24. The number of rotatable bonds is 4. The molecule has 0 saturated carbocycles. The molecule has 2 atom stereocenters. The Morgan fingerprint density at radius 3 is 2.71 bits per heavy atom. The van der Waals surface area contributed by atoms with Crippen molar-refractivity contribution in [3.63, 3.8) is 0 Å². The molecule has 148 valence electrons. The molecular weight excluding hydrogens is 374 g/mol. The average molecular weight is 400 g/mol. The van der Waals surface area contributed by atoms with Gasteiger partial charge in [0, 0.05) is 23.8 Å². The number of nitrogens with one attached hydrogen (secondary N) is 2. The highest BCUT2D eigenvalue weighted by Gasteiger charge is 2.29. The Hall–Kier alpha value is -2.53. The summed E-state index contributed by atoms with van der Waals surface area (Å²) < 4.78 is 0. The number of benzene rings is 2. The number of halogens is 1. The fraction of sp³-hybridized carbons (Fsp3) is 0.364. The van der Waals surface area contributed by atoms with Gasteiger partial charge in [0.2, 0.25) is 5.91 Å². The highest BCUT2D eigenvalue weighted by molar-refractivity contribution is 6.31. The first-order valence-electron chi connectivity index (χ1n) is 9.61. The van der Waals surface area contributed by atoms with Gasteiger partial charge in [-0.25, -0.2) is 4.79 Å². The van der Waals surface area contributed by atoms with E-state index in [0.717, 1.165) is 29.7 Å². The van der Waals surface area contributed by atoms with Crippen molar-refractivity contribution in [2.24, 2.45) is 5.92 Å². The average Bonchev–Trinajstić information content (AvgIpc) is 2.68. The molecule has 0 aromatic heterocycles. The lowest BCUT2D eigenvalue weighted by Crippen LogP contribution is -2.47. The lowest BCUT2D eigenvalue weighted by Gasteiger charge is -2.32. The summed E-state index contributed by atoms with van der Waals surface area (Å²) in [6.07, 6.45) is 1.58. The van der Waals surface area contributed by atoms with E-state index in [9.17, 15) is 9.59 Å². The molecule has 0 radical (unpaired) electrons. The first-order valence-corrected chi connectivity index (χ1v) is 9.99. The molecule has 1 heterocycles. The SMILES string of the molecule is Cc1cccc(NC(=O)N2CCCC(C(=O)NC(C)c3ccccc3Cl)C2)c1. The van der Waals surface area contributed by atoms with E-state index in [1.54, 1.807) is 4.90 Å². The Labute approximate surface area is 171 Å². The maximum atomic E-state index is 12.8. The number of hydrogen-bond acceptors (Lipinski definition) is 2. The second kappa shape index (κ2) is 9.11. The summed E-state index contributed by atoms with van der Waals surface area (Å²) in [7, 11) is 0. The number of carbonyl (C=O) groups excluding carboxylic acids is 2. The molecule has 3 rings (SSSR count). The molecule has 0 bridgehead atoms. The number of likely N-dealkylation sites (tertiary alicyclic amines) is 1. The molecule has 0 aliphatic carbocycles. The first-order chi connectivity index (χ1) is 13.4. The van der Waals surface area contributed by atoms with Crippen molar-refractivity contribution < 1.29 is 9.59 Å². The minimum Gasteiger partial charge on any atom is -0.349 e. The van der Waals surface area contributed by atoms with Crippen molar-refractivity contribution in [3.05, 3.63) is 64.7 Å². The molecule has 6 heteroatoms. The van der Waals surface area contributed by atoms with Gasteiger partial charge in [0.1, 0.15) is 0 Å². The van der Waals surface area contributed by atoms with Crippen molar-refractivity contribution in [3.8, 4) is 0 Å². The maximum absolute atomic E-state index is 12.8. The van der Waals surface area contributed by atoms with Crippen LogP contribution in [0, 0.1) is 12.8 Å². The van der Waals surface area contributed by atoms with E-state index in [4.69, 9.17) is 11.6 Å². The number of anilines is 1. The van der Waals surface area contributed by atoms with Crippen molar-refractivity contribution in [2.75, 3.05) is 18.4 Å². The Kier molecular flexibility index (Phi) is 6.57. The molecule has 1 saturated heterocycles. The van der Waals surface area contributed by atoms with E-state index < -0.39 is 0 Å². The van der Waals surface area contributed by atoms with Gasteiger partial charge < -0.3 is 15.5 Å². The van der Waals surface area contributed by atoms with Gasteiger partial charge in [-0.2, -0.15) is 0 Å². The van der Waals surface area contributed by atoms with Crippen LogP contribution in [0.25, 0.3) is 0 Å². The zero-order valence-corrected chi connectivity index (χ0v) is 17.0. The molecule has 1 aliphatic heterocycles. The molecule has 0 spiro atoms. The maximum Gasteiger partial charge on any atom is 0.321 e. The van der Waals surface area contributed by atoms with Gasteiger partial charge >= 0.3 is 6.03 Å². The van der Waals surface area contributed by atoms with Crippen LogP contribution >= 0.6 is 11.6 Å². The van der Waals surface area contributed by atoms with E-state index in [2.05, 4.69) is 10.6 Å². The quantitative estimate of drug-likeness (QED) is 0.777. The largest absolute Gasteiger partial charge is 0.349 e. The summed E-state index contributed by atoms with van der Waals surface area (Å²) in [5, 5.41) is 6.60. The predicted octanol–water partition coefficient (Wildman–Crippen LogP) is 4.77. The number of amides is 3. The van der Waals surface area contributed by atoms with Gasteiger partial charge in [0.15, 0.2) is 0 Å². The Balaban J connectivity index is 1.58. The molecule has 5 nitrogen and oxygen atoms in total. The third kappa shape index (κ3) is 5.04. The lowest BCUT2D eigenvalue weighted by molar-refractivity contribution is -0.126. The van der Waals surface area contributed by atoms with Gasteiger partial charge in [0.05, 0.1) is 12.0 Å². The Morgan fingerprint density at radius 2 is 1.96 bits per heavy atom. The summed E-state index contributed by atoms with van der Waals surface area (Å²) in [6.45, 7) is 4.97. The number of aryl methyl sites for hydroxylation is 1. The zero-order valence-electron chi connectivity index (χ0n) is 16.2. The molecule has 2 N–H and O–H groups in total. The van der Waals surface area contributed by atoms with Gasteiger partial charge in [0.25, 0.3) is 0 Å². The standard InChI is InChI=1S/C22H26ClN3O2/c1-15-7-5-9-18(13-15)25-22(28)26-12-6-8-17(14-26)21(27)24-16(2)19-10-3-4-11-20(19)23/h3-5,7,9-11,13,16-17H,6,8,12,14H2,1-2H3,(H,24,27)(H,25,28). The number of nitrogens with zero attached hydrogens (tertiary/aromatic N) is 1. The van der Waals surface area contributed by atoms with Crippen LogP contribution in [0.4, 0.5) is 10.5 Å². The molecule has 2 aromatic rings. The van der Waals surface area contributed by atoms with Crippen molar-refractivity contribution in [1.82, 2.24) is 10.2 Å². The Morgan fingerprint density at radius 1 is 1.18 bits per heavy atom. The fourth-order valence-corrected chi connectivity index (χ4v) is 3.84. The summed E-state index contributed by atoms with van der Waals surface area (Å²) in [5.74, 6) is -0.262. The number of hydrogen-bond donors (Lipinski definition) is 2. The topological polar surface area (TPSA) is 61.4 Å². The molecule has 2 unspecified atom stereocenters. The van der Waals surface area contributed by atoms with Crippen LogP contribution in [0.2, 0.25) is 5.02 Å². The van der Waals surface area contributed by atoms with Crippen LogP contribution in [0.1, 0.15) is 36.9 Å². The molecule has 28 heavy (non-hydrogen) atoms. The molecular formula is C22H26ClN3O2. The smallest absolute Gasteiger partial charge is 0.321 e. The summed E-state index contributed by atoms with van der Waals surface area (Å²) in [6, 6.07) is 14.8. The Bertz CT molecular complexity index is 855. The number of urea groups is 1. The van der Waals surface area contributed by atoms with E-state index in [-0.39, 0.29) is 23.9 Å². The van der Waals surface area contributed by atoms with Crippen LogP contribution in [-0.4, -0.2) is 29.9 Å². The van der Waals surface area contributed by atoms with Crippen molar-refractivity contribution >= 4 is 29.2 Å². The van der Waals surface area contributed by atoms with Gasteiger partial charge in [-0.15, -0.1) is 0 Å². The minimum absolute atomic E-state index is 0.0412. The van der Waals surface area contributed by atoms with E-state index in [0.29, 0.717) is 18.1 Å². The predicted molar refractivity (Wildman–Crippen MR) is 113 cm³/mol. The zero-order chi connectivity index (χ0) is 20.1. The first kappa shape index (κ1) is 20.2. The second-order valence-electron chi connectivity index (χ2n) is 7.34. The minimum atomic E-state index is -0.220. The summed E-state index contributed by atoms with van der Waals surface area (Å²) in [4.78, 5) is 27.1. The molecule has 1 aliphatic rings. The van der Waals surface area contributed by atoms with E-state index in [1.807, 2.05) is 62.4 Å². The van der Waals surface area contributed by atoms with Crippen LogP contribution in [-0.2, 0) is 4.79 Å². The van der Waals surface area contributed by atoms with Gasteiger partial charge in [-0.1, -0.05) is 41.9 Å². The van der Waals surface area contributed by atoms with Crippen LogP contribution in [0.3, 0.4) is 0 Å².